The largest absolute Gasteiger partial charge is 0.394 e. The molecule has 0 aliphatic carbocycles. The molecule has 158 valence electrons. The van der Waals surface area contributed by atoms with Gasteiger partial charge in [-0.1, -0.05) is 17.7 Å². The molecule has 0 fully saturated rings. The van der Waals surface area contributed by atoms with Gasteiger partial charge in [-0.15, -0.1) is 0 Å². The van der Waals surface area contributed by atoms with E-state index >= 15 is 0 Å². The Labute approximate surface area is 181 Å². The third-order valence-corrected chi connectivity index (χ3v) is 5.12. The Hall–Kier alpha value is -3.56. The molecule has 0 amide bonds. The molecular formula is C21H18ClFN6O2. The molecule has 3 aromatic heterocycles. The molecule has 10 heteroatoms. The van der Waals surface area contributed by atoms with Crippen LogP contribution in [0.5, 0.6) is 0 Å². The standard InChI is InChI=1S/C21H18ClFN6O2/c1-12-18(10-25-28-12)27-21-24-6-4-17(26-21)13-5-7-29(20(31)9-13)19(11-30)14-2-3-15(22)16(23)8-14/h2-10,19,30H,11H2,1H3,(H,25,28)(H,24,26,27)/t19-/m1/s1. The normalized spacial score (nSPS) is 12.0. The minimum absolute atomic E-state index is 0.0260. The lowest BCUT2D eigenvalue weighted by atomic mass is 10.1. The fraction of sp³-hybridized carbons (Fsp3) is 0.143. The zero-order valence-corrected chi connectivity index (χ0v) is 17.1. The molecule has 4 aromatic rings. The van der Waals surface area contributed by atoms with Gasteiger partial charge in [0, 0.05) is 30.2 Å². The van der Waals surface area contributed by atoms with Crippen molar-refractivity contribution < 1.29 is 9.50 Å². The van der Waals surface area contributed by atoms with E-state index in [1.807, 2.05) is 6.92 Å². The average Bonchev–Trinajstić information content (AvgIpc) is 3.16. The molecule has 1 atom stereocenters. The van der Waals surface area contributed by atoms with Crippen LogP contribution in [0.4, 0.5) is 16.0 Å². The number of hydrogen-bond donors (Lipinski definition) is 3. The van der Waals surface area contributed by atoms with Crippen molar-refractivity contribution in [2.45, 2.75) is 13.0 Å². The molecular weight excluding hydrogens is 423 g/mol. The Balaban J connectivity index is 1.64. The minimum Gasteiger partial charge on any atom is -0.394 e. The van der Waals surface area contributed by atoms with E-state index < -0.39 is 11.9 Å². The molecule has 0 aliphatic heterocycles. The highest BCUT2D eigenvalue weighted by Gasteiger charge is 2.16. The third-order valence-electron chi connectivity index (χ3n) is 4.81. The average molecular weight is 441 g/mol. The maximum Gasteiger partial charge on any atom is 0.251 e. The second-order valence-corrected chi connectivity index (χ2v) is 7.21. The number of benzene rings is 1. The number of pyridine rings is 1. The van der Waals surface area contributed by atoms with Crippen LogP contribution in [0.1, 0.15) is 17.3 Å². The Morgan fingerprint density at radius 2 is 2.13 bits per heavy atom. The van der Waals surface area contributed by atoms with E-state index in [1.54, 1.807) is 36.8 Å². The summed E-state index contributed by atoms with van der Waals surface area (Å²) >= 11 is 5.73. The maximum atomic E-state index is 13.8. The summed E-state index contributed by atoms with van der Waals surface area (Å²) in [5.74, 6) is -0.257. The number of H-pyrrole nitrogens is 1. The Kier molecular flexibility index (Phi) is 5.79. The molecule has 0 unspecified atom stereocenters. The monoisotopic (exact) mass is 440 g/mol. The third kappa shape index (κ3) is 4.32. The lowest BCUT2D eigenvalue weighted by molar-refractivity contribution is 0.247. The van der Waals surface area contributed by atoms with Crippen LogP contribution < -0.4 is 10.9 Å². The van der Waals surface area contributed by atoms with Gasteiger partial charge < -0.3 is 15.0 Å². The van der Waals surface area contributed by atoms with Crippen LogP contribution in [0, 0.1) is 12.7 Å². The second kappa shape index (κ2) is 8.66. The van der Waals surface area contributed by atoms with Crippen molar-refractivity contribution in [2.24, 2.45) is 0 Å². The van der Waals surface area contributed by atoms with Gasteiger partial charge in [-0.05, 0) is 36.8 Å². The predicted octanol–water partition coefficient (Wildman–Crippen LogP) is 3.45. The van der Waals surface area contributed by atoms with Crippen LogP contribution in [-0.2, 0) is 0 Å². The molecule has 8 nitrogen and oxygen atoms in total. The van der Waals surface area contributed by atoms with Gasteiger partial charge in [-0.25, -0.2) is 14.4 Å². The van der Waals surface area contributed by atoms with E-state index in [9.17, 15) is 14.3 Å². The van der Waals surface area contributed by atoms with Crippen molar-refractivity contribution in [1.29, 1.82) is 0 Å². The molecule has 1 aromatic carbocycles. The lowest BCUT2D eigenvalue weighted by Gasteiger charge is -2.18. The van der Waals surface area contributed by atoms with E-state index in [0.29, 0.717) is 22.8 Å². The number of anilines is 2. The number of rotatable bonds is 6. The molecule has 0 radical (unpaired) electrons. The van der Waals surface area contributed by atoms with Crippen LogP contribution in [0.3, 0.4) is 0 Å². The number of nitrogens with one attached hydrogen (secondary N) is 2. The molecule has 4 rings (SSSR count). The van der Waals surface area contributed by atoms with Crippen molar-refractivity contribution in [2.75, 3.05) is 11.9 Å². The first-order valence-corrected chi connectivity index (χ1v) is 9.73. The van der Waals surface area contributed by atoms with Crippen molar-refractivity contribution in [3.63, 3.8) is 0 Å². The van der Waals surface area contributed by atoms with E-state index in [2.05, 4.69) is 25.5 Å². The van der Waals surface area contributed by atoms with Crippen LogP contribution >= 0.6 is 11.6 Å². The van der Waals surface area contributed by atoms with E-state index in [4.69, 9.17) is 11.6 Å². The number of aliphatic hydroxyl groups excluding tert-OH is 1. The first kappa shape index (κ1) is 20.7. The molecule has 0 saturated carbocycles. The molecule has 0 spiro atoms. The zero-order valence-electron chi connectivity index (χ0n) is 16.4. The molecule has 0 bridgehead atoms. The van der Waals surface area contributed by atoms with Gasteiger partial charge in [0.15, 0.2) is 0 Å². The summed E-state index contributed by atoms with van der Waals surface area (Å²) in [5, 5.41) is 19.7. The van der Waals surface area contributed by atoms with Gasteiger partial charge in [0.25, 0.3) is 5.56 Å². The number of hydrogen-bond acceptors (Lipinski definition) is 6. The number of aromatic nitrogens is 5. The first-order valence-electron chi connectivity index (χ1n) is 9.35. The van der Waals surface area contributed by atoms with Gasteiger partial charge in [-0.3, -0.25) is 9.89 Å². The fourth-order valence-electron chi connectivity index (χ4n) is 3.17. The quantitative estimate of drug-likeness (QED) is 0.423. The molecule has 0 aliphatic rings. The fourth-order valence-corrected chi connectivity index (χ4v) is 3.28. The highest BCUT2D eigenvalue weighted by atomic mass is 35.5. The summed E-state index contributed by atoms with van der Waals surface area (Å²) in [5.41, 5.74) is 2.70. The molecule has 3 N–H and O–H groups in total. The topological polar surface area (TPSA) is 109 Å². The summed E-state index contributed by atoms with van der Waals surface area (Å²) < 4.78 is 15.2. The summed E-state index contributed by atoms with van der Waals surface area (Å²) in [6, 6.07) is 8.22. The molecule has 31 heavy (non-hydrogen) atoms. The first-order chi connectivity index (χ1) is 15.0. The van der Waals surface area contributed by atoms with Gasteiger partial charge in [0.05, 0.1) is 34.7 Å². The summed E-state index contributed by atoms with van der Waals surface area (Å²) in [4.78, 5) is 21.4. The SMILES string of the molecule is Cc1n[nH]cc1Nc1nccc(-c2ccn([C@H](CO)c3ccc(Cl)c(F)c3)c(=O)c2)n1. The van der Waals surface area contributed by atoms with Gasteiger partial charge >= 0.3 is 0 Å². The van der Waals surface area contributed by atoms with Gasteiger partial charge in [-0.2, -0.15) is 5.10 Å². The highest BCUT2D eigenvalue weighted by molar-refractivity contribution is 6.30. The van der Waals surface area contributed by atoms with Crippen LogP contribution in [0.25, 0.3) is 11.3 Å². The number of aliphatic hydroxyl groups is 1. The van der Waals surface area contributed by atoms with Crippen molar-refractivity contribution >= 4 is 23.2 Å². The lowest BCUT2D eigenvalue weighted by Crippen LogP contribution is -2.27. The van der Waals surface area contributed by atoms with Crippen LogP contribution in [0.15, 0.2) is 59.8 Å². The Morgan fingerprint density at radius 3 is 2.81 bits per heavy atom. The van der Waals surface area contributed by atoms with Crippen molar-refractivity contribution in [3.8, 4) is 11.3 Å². The van der Waals surface area contributed by atoms with Gasteiger partial charge in [0.1, 0.15) is 5.82 Å². The number of aryl methyl sites for hydroxylation is 1. The van der Waals surface area contributed by atoms with E-state index in [-0.39, 0.29) is 17.2 Å². The number of nitrogens with zero attached hydrogens (tertiary/aromatic N) is 4. The summed E-state index contributed by atoms with van der Waals surface area (Å²) in [6.45, 7) is 1.46. The van der Waals surface area contributed by atoms with E-state index in [0.717, 1.165) is 11.4 Å². The van der Waals surface area contributed by atoms with Crippen molar-refractivity contribution in [3.05, 3.63) is 87.4 Å². The maximum absolute atomic E-state index is 13.8. The summed E-state index contributed by atoms with van der Waals surface area (Å²) in [7, 11) is 0. The molecule has 0 saturated heterocycles. The van der Waals surface area contributed by atoms with E-state index in [1.165, 1.54) is 22.8 Å². The minimum atomic E-state index is -0.750. The van der Waals surface area contributed by atoms with Crippen LogP contribution in [-0.4, -0.2) is 36.4 Å². The highest BCUT2D eigenvalue weighted by Crippen LogP contribution is 2.24. The van der Waals surface area contributed by atoms with Crippen molar-refractivity contribution in [1.82, 2.24) is 24.7 Å². The van der Waals surface area contributed by atoms with Crippen LogP contribution in [0.2, 0.25) is 5.02 Å². The molecule has 3 heterocycles. The number of halogens is 2. The predicted molar refractivity (Wildman–Crippen MR) is 115 cm³/mol. The second-order valence-electron chi connectivity index (χ2n) is 6.81. The Bertz CT molecular complexity index is 1290. The number of aromatic amines is 1. The Morgan fingerprint density at radius 1 is 1.29 bits per heavy atom. The smallest absolute Gasteiger partial charge is 0.251 e. The summed E-state index contributed by atoms with van der Waals surface area (Å²) in [6.07, 6.45) is 4.82. The van der Waals surface area contributed by atoms with Gasteiger partial charge in [0.2, 0.25) is 5.95 Å². The zero-order chi connectivity index (χ0) is 22.0.